The van der Waals surface area contributed by atoms with Crippen LogP contribution in [-0.2, 0) is 14.4 Å². The van der Waals surface area contributed by atoms with Gasteiger partial charge in [0.1, 0.15) is 0 Å². The molecule has 6 nitrogen and oxygen atoms in total. The van der Waals surface area contributed by atoms with E-state index < -0.39 is 0 Å². The van der Waals surface area contributed by atoms with Crippen LogP contribution in [0.3, 0.4) is 0 Å². The highest BCUT2D eigenvalue weighted by atomic mass is 16.2. The van der Waals surface area contributed by atoms with Gasteiger partial charge in [-0.2, -0.15) is 0 Å². The zero-order valence-electron chi connectivity index (χ0n) is 19.0. The molecule has 1 aromatic carbocycles. The smallest absolute Gasteiger partial charge is 0.246 e. The lowest BCUT2D eigenvalue weighted by molar-refractivity contribution is -0.144. The van der Waals surface area contributed by atoms with Gasteiger partial charge in [-0.3, -0.25) is 14.4 Å². The van der Waals surface area contributed by atoms with E-state index in [4.69, 9.17) is 0 Å². The third-order valence-corrected chi connectivity index (χ3v) is 7.26. The summed E-state index contributed by atoms with van der Waals surface area (Å²) in [6.45, 7) is 3.81. The molecule has 1 aromatic rings. The van der Waals surface area contributed by atoms with Gasteiger partial charge < -0.3 is 14.7 Å². The van der Waals surface area contributed by atoms with Crippen molar-refractivity contribution in [1.82, 2.24) is 14.7 Å². The first kappa shape index (κ1) is 22.6. The van der Waals surface area contributed by atoms with Gasteiger partial charge in [0.25, 0.3) is 0 Å². The number of rotatable bonds is 5. The standard InChI is InChI=1S/C26H35N3O3/c30-24(11-10-21-6-2-1-3-7-21)27-14-12-23(13-15-27)26(32)29-18-16-28(17-19-29)25(31)20-22-8-4-5-9-22/h1-3,6-7,10-11,22-23H,4-5,8-9,12-20H2. The molecule has 3 amide bonds. The van der Waals surface area contributed by atoms with Crippen molar-refractivity contribution >= 4 is 23.8 Å². The summed E-state index contributed by atoms with van der Waals surface area (Å²) in [5.41, 5.74) is 1.01. The van der Waals surface area contributed by atoms with Crippen LogP contribution in [-0.4, -0.2) is 71.7 Å². The molecule has 4 rings (SSSR count). The number of hydrogen-bond donors (Lipinski definition) is 0. The van der Waals surface area contributed by atoms with E-state index in [2.05, 4.69) is 0 Å². The largest absolute Gasteiger partial charge is 0.339 e. The van der Waals surface area contributed by atoms with E-state index >= 15 is 0 Å². The normalized spacial score (nSPS) is 20.8. The average Bonchev–Trinajstić information content (AvgIpc) is 3.36. The first-order chi connectivity index (χ1) is 15.6. The number of nitrogens with zero attached hydrogens (tertiary/aromatic N) is 3. The van der Waals surface area contributed by atoms with Gasteiger partial charge in [0.15, 0.2) is 0 Å². The van der Waals surface area contributed by atoms with Crippen LogP contribution in [0.25, 0.3) is 6.08 Å². The summed E-state index contributed by atoms with van der Waals surface area (Å²) in [5, 5.41) is 0. The fourth-order valence-corrected chi connectivity index (χ4v) is 5.21. The summed E-state index contributed by atoms with van der Waals surface area (Å²) < 4.78 is 0. The Morgan fingerprint density at radius 2 is 1.41 bits per heavy atom. The predicted octanol–water partition coefficient (Wildman–Crippen LogP) is 3.19. The Hall–Kier alpha value is -2.63. The molecule has 172 valence electrons. The SMILES string of the molecule is O=C(C=Cc1ccccc1)N1CCC(C(=O)N2CCN(C(=O)CC3CCCC3)CC2)CC1. The summed E-state index contributed by atoms with van der Waals surface area (Å²) in [5.74, 6) is 1.02. The van der Waals surface area contributed by atoms with Crippen LogP contribution < -0.4 is 0 Å². The molecule has 0 radical (unpaired) electrons. The lowest BCUT2D eigenvalue weighted by Gasteiger charge is -2.38. The first-order valence-corrected chi connectivity index (χ1v) is 12.2. The zero-order chi connectivity index (χ0) is 22.3. The van der Waals surface area contributed by atoms with Crippen molar-refractivity contribution < 1.29 is 14.4 Å². The van der Waals surface area contributed by atoms with Crippen molar-refractivity contribution in [3.05, 3.63) is 42.0 Å². The molecule has 0 bridgehead atoms. The van der Waals surface area contributed by atoms with Crippen LogP contribution in [0, 0.1) is 11.8 Å². The number of likely N-dealkylation sites (tertiary alicyclic amines) is 1. The molecule has 0 N–H and O–H groups in total. The Balaban J connectivity index is 1.19. The summed E-state index contributed by atoms with van der Waals surface area (Å²) in [6, 6.07) is 9.79. The van der Waals surface area contributed by atoms with Crippen molar-refractivity contribution in [1.29, 1.82) is 0 Å². The van der Waals surface area contributed by atoms with Crippen LogP contribution in [0.15, 0.2) is 36.4 Å². The highest BCUT2D eigenvalue weighted by Gasteiger charge is 2.32. The van der Waals surface area contributed by atoms with E-state index in [1.807, 2.05) is 51.1 Å². The van der Waals surface area contributed by atoms with Crippen LogP contribution in [0.4, 0.5) is 0 Å². The van der Waals surface area contributed by atoms with Gasteiger partial charge in [0.2, 0.25) is 17.7 Å². The molecule has 2 aliphatic heterocycles. The van der Waals surface area contributed by atoms with E-state index in [0.29, 0.717) is 64.4 Å². The maximum Gasteiger partial charge on any atom is 0.246 e. The molecule has 2 saturated heterocycles. The molecular formula is C26H35N3O3. The van der Waals surface area contributed by atoms with Crippen molar-refractivity contribution in [2.75, 3.05) is 39.3 Å². The molecule has 0 atom stereocenters. The molecule has 2 heterocycles. The summed E-state index contributed by atoms with van der Waals surface area (Å²) in [4.78, 5) is 43.7. The third-order valence-electron chi connectivity index (χ3n) is 7.26. The molecule has 3 fully saturated rings. The van der Waals surface area contributed by atoms with Crippen molar-refractivity contribution in [3.8, 4) is 0 Å². The molecule has 6 heteroatoms. The van der Waals surface area contributed by atoms with Crippen molar-refractivity contribution in [2.24, 2.45) is 11.8 Å². The molecule has 1 aliphatic carbocycles. The van der Waals surface area contributed by atoms with Crippen LogP contribution >= 0.6 is 0 Å². The molecule has 1 saturated carbocycles. The van der Waals surface area contributed by atoms with Gasteiger partial charge in [-0.05, 0) is 43.2 Å². The quantitative estimate of drug-likeness (QED) is 0.665. The maximum absolute atomic E-state index is 13.0. The van der Waals surface area contributed by atoms with E-state index in [1.165, 1.54) is 25.7 Å². The summed E-state index contributed by atoms with van der Waals surface area (Å²) >= 11 is 0. The Morgan fingerprint density at radius 3 is 2.06 bits per heavy atom. The van der Waals surface area contributed by atoms with Gasteiger partial charge in [0.05, 0.1) is 0 Å². The number of carbonyl (C=O) groups is 3. The van der Waals surface area contributed by atoms with Gasteiger partial charge in [-0.1, -0.05) is 43.2 Å². The van der Waals surface area contributed by atoms with Crippen molar-refractivity contribution in [3.63, 3.8) is 0 Å². The second kappa shape index (κ2) is 10.8. The first-order valence-electron chi connectivity index (χ1n) is 12.2. The molecule has 32 heavy (non-hydrogen) atoms. The van der Waals surface area contributed by atoms with Crippen molar-refractivity contribution in [2.45, 2.75) is 44.9 Å². The number of piperazine rings is 1. The van der Waals surface area contributed by atoms with Crippen LogP contribution in [0.5, 0.6) is 0 Å². The summed E-state index contributed by atoms with van der Waals surface area (Å²) in [7, 11) is 0. The highest BCUT2D eigenvalue weighted by Crippen LogP contribution is 2.28. The lowest BCUT2D eigenvalue weighted by Crippen LogP contribution is -2.53. The number of hydrogen-bond acceptors (Lipinski definition) is 3. The maximum atomic E-state index is 13.0. The topological polar surface area (TPSA) is 60.9 Å². The predicted molar refractivity (Wildman–Crippen MR) is 125 cm³/mol. The second-order valence-electron chi connectivity index (χ2n) is 9.40. The minimum atomic E-state index is -0.0158. The summed E-state index contributed by atoms with van der Waals surface area (Å²) in [6.07, 6.45) is 10.5. The number of carbonyl (C=O) groups excluding carboxylic acids is 3. The lowest BCUT2D eigenvalue weighted by atomic mass is 9.94. The molecule has 3 aliphatic rings. The molecule has 0 spiro atoms. The highest BCUT2D eigenvalue weighted by molar-refractivity contribution is 5.92. The fraction of sp³-hybridized carbons (Fsp3) is 0.577. The Bertz CT molecular complexity index is 816. The minimum absolute atomic E-state index is 0.00846. The van der Waals surface area contributed by atoms with Gasteiger partial charge in [-0.25, -0.2) is 0 Å². The number of piperidine rings is 1. The zero-order valence-corrected chi connectivity index (χ0v) is 19.0. The molecular weight excluding hydrogens is 402 g/mol. The Labute approximate surface area is 191 Å². The van der Waals surface area contributed by atoms with Gasteiger partial charge >= 0.3 is 0 Å². The third kappa shape index (κ3) is 5.78. The Morgan fingerprint density at radius 1 is 0.781 bits per heavy atom. The van der Waals surface area contributed by atoms with Crippen LogP contribution in [0.1, 0.15) is 50.5 Å². The monoisotopic (exact) mass is 437 g/mol. The molecule has 0 aromatic heterocycles. The van der Waals surface area contributed by atoms with Crippen LogP contribution in [0.2, 0.25) is 0 Å². The number of amides is 3. The average molecular weight is 438 g/mol. The molecule has 0 unspecified atom stereocenters. The van der Waals surface area contributed by atoms with E-state index in [-0.39, 0.29) is 23.6 Å². The van der Waals surface area contributed by atoms with E-state index in [0.717, 1.165) is 5.56 Å². The van der Waals surface area contributed by atoms with Gasteiger partial charge in [0, 0.05) is 57.7 Å². The second-order valence-corrected chi connectivity index (χ2v) is 9.40. The van der Waals surface area contributed by atoms with Gasteiger partial charge in [-0.15, -0.1) is 0 Å². The number of benzene rings is 1. The van der Waals surface area contributed by atoms with E-state index in [1.54, 1.807) is 6.08 Å². The minimum Gasteiger partial charge on any atom is -0.339 e. The van der Waals surface area contributed by atoms with E-state index in [9.17, 15) is 14.4 Å². The Kier molecular flexibility index (Phi) is 7.61. The fourth-order valence-electron chi connectivity index (χ4n) is 5.21.